The standard InChI is InChI=1S/C19H28N2O2/c1-3-18(19(22)21-7-9-23-10-8-21)20-17-12-16(13-17)15-6-4-5-14(2)11-15/h4-6,11,16-18,20H,3,7-10,12-13H2,1-2H3. The topological polar surface area (TPSA) is 41.6 Å². The molecule has 1 saturated carbocycles. The molecule has 1 saturated heterocycles. The Hall–Kier alpha value is -1.39. The van der Waals surface area contributed by atoms with Crippen LogP contribution in [0, 0.1) is 6.92 Å². The third-order valence-corrected chi connectivity index (χ3v) is 5.12. The predicted octanol–water partition coefficient (Wildman–Crippen LogP) is 2.47. The van der Waals surface area contributed by atoms with Crippen LogP contribution in [-0.4, -0.2) is 49.2 Å². The second-order valence-corrected chi connectivity index (χ2v) is 6.84. The van der Waals surface area contributed by atoms with Gasteiger partial charge in [-0.2, -0.15) is 0 Å². The normalized spacial score (nSPS) is 25.7. The number of carbonyl (C=O) groups is 1. The molecule has 2 fully saturated rings. The van der Waals surface area contributed by atoms with Crippen LogP contribution in [0.15, 0.2) is 24.3 Å². The van der Waals surface area contributed by atoms with Crippen LogP contribution in [0.2, 0.25) is 0 Å². The Balaban J connectivity index is 1.50. The SMILES string of the molecule is CCC(NC1CC(c2cccc(C)c2)C1)C(=O)N1CCOCC1. The molecule has 3 rings (SSSR count). The van der Waals surface area contributed by atoms with Gasteiger partial charge in [0.15, 0.2) is 0 Å². The van der Waals surface area contributed by atoms with E-state index in [9.17, 15) is 4.79 Å². The molecule has 1 amide bonds. The van der Waals surface area contributed by atoms with Crippen molar-refractivity contribution in [1.82, 2.24) is 10.2 Å². The Bertz CT molecular complexity index is 534. The van der Waals surface area contributed by atoms with Crippen LogP contribution in [0.3, 0.4) is 0 Å². The van der Waals surface area contributed by atoms with Crippen molar-refractivity contribution >= 4 is 5.91 Å². The number of hydrogen-bond acceptors (Lipinski definition) is 3. The number of nitrogens with one attached hydrogen (secondary N) is 1. The summed E-state index contributed by atoms with van der Waals surface area (Å²) in [5.41, 5.74) is 2.77. The quantitative estimate of drug-likeness (QED) is 0.907. The molecule has 1 atom stereocenters. The van der Waals surface area contributed by atoms with Gasteiger partial charge in [-0.25, -0.2) is 0 Å². The highest BCUT2D eigenvalue weighted by Crippen LogP contribution is 2.37. The monoisotopic (exact) mass is 316 g/mol. The molecule has 1 unspecified atom stereocenters. The van der Waals surface area contributed by atoms with Crippen LogP contribution in [0.25, 0.3) is 0 Å². The number of rotatable bonds is 5. The lowest BCUT2D eigenvalue weighted by molar-refractivity contribution is -0.138. The smallest absolute Gasteiger partial charge is 0.239 e. The van der Waals surface area contributed by atoms with Crippen LogP contribution in [-0.2, 0) is 9.53 Å². The highest BCUT2D eigenvalue weighted by atomic mass is 16.5. The molecule has 1 heterocycles. The zero-order chi connectivity index (χ0) is 16.2. The maximum atomic E-state index is 12.6. The Morgan fingerprint density at radius 2 is 2.09 bits per heavy atom. The van der Waals surface area contributed by atoms with Gasteiger partial charge in [-0.15, -0.1) is 0 Å². The van der Waals surface area contributed by atoms with Gasteiger partial charge in [0.05, 0.1) is 19.3 Å². The van der Waals surface area contributed by atoms with E-state index in [0.29, 0.717) is 25.2 Å². The Morgan fingerprint density at radius 1 is 1.35 bits per heavy atom. The van der Waals surface area contributed by atoms with Crippen molar-refractivity contribution in [2.75, 3.05) is 26.3 Å². The predicted molar refractivity (Wildman–Crippen MR) is 91.6 cm³/mol. The van der Waals surface area contributed by atoms with E-state index >= 15 is 0 Å². The van der Waals surface area contributed by atoms with Gasteiger partial charge in [-0.3, -0.25) is 4.79 Å². The first-order valence-electron chi connectivity index (χ1n) is 8.86. The molecule has 126 valence electrons. The van der Waals surface area contributed by atoms with Crippen molar-refractivity contribution in [3.8, 4) is 0 Å². The van der Waals surface area contributed by atoms with Gasteiger partial charge in [0, 0.05) is 19.1 Å². The van der Waals surface area contributed by atoms with Crippen molar-refractivity contribution in [2.24, 2.45) is 0 Å². The minimum atomic E-state index is -0.0449. The number of aryl methyl sites for hydroxylation is 1. The fourth-order valence-corrected chi connectivity index (χ4v) is 3.60. The molecular formula is C19H28N2O2. The van der Waals surface area contributed by atoms with Crippen molar-refractivity contribution in [3.05, 3.63) is 35.4 Å². The molecule has 1 N–H and O–H groups in total. The van der Waals surface area contributed by atoms with Crippen molar-refractivity contribution < 1.29 is 9.53 Å². The molecule has 23 heavy (non-hydrogen) atoms. The molecule has 0 spiro atoms. The summed E-state index contributed by atoms with van der Waals surface area (Å²) in [5, 5.41) is 3.58. The molecule has 4 nitrogen and oxygen atoms in total. The van der Waals surface area contributed by atoms with Gasteiger partial charge >= 0.3 is 0 Å². The third-order valence-electron chi connectivity index (χ3n) is 5.12. The maximum Gasteiger partial charge on any atom is 0.239 e. The molecule has 2 aliphatic rings. The van der Waals surface area contributed by atoms with E-state index in [1.165, 1.54) is 11.1 Å². The highest BCUT2D eigenvalue weighted by molar-refractivity contribution is 5.82. The molecule has 1 aliphatic heterocycles. The first-order valence-corrected chi connectivity index (χ1v) is 8.86. The number of hydrogen-bond donors (Lipinski definition) is 1. The maximum absolute atomic E-state index is 12.6. The fraction of sp³-hybridized carbons (Fsp3) is 0.632. The largest absolute Gasteiger partial charge is 0.378 e. The van der Waals surface area contributed by atoms with Gasteiger partial charge in [0.1, 0.15) is 0 Å². The molecule has 1 aromatic rings. The lowest BCUT2D eigenvalue weighted by Crippen LogP contribution is -2.54. The average Bonchev–Trinajstić information content (AvgIpc) is 2.54. The summed E-state index contributed by atoms with van der Waals surface area (Å²) >= 11 is 0. The summed E-state index contributed by atoms with van der Waals surface area (Å²) in [6, 6.07) is 9.22. The zero-order valence-corrected chi connectivity index (χ0v) is 14.3. The highest BCUT2D eigenvalue weighted by Gasteiger charge is 2.34. The van der Waals surface area contributed by atoms with Crippen LogP contribution < -0.4 is 5.32 Å². The second-order valence-electron chi connectivity index (χ2n) is 6.84. The summed E-state index contributed by atoms with van der Waals surface area (Å²) in [6.45, 7) is 7.03. The van der Waals surface area contributed by atoms with Gasteiger partial charge in [0.2, 0.25) is 5.91 Å². The van der Waals surface area contributed by atoms with Gasteiger partial charge in [0.25, 0.3) is 0 Å². The number of morpholine rings is 1. The molecular weight excluding hydrogens is 288 g/mol. The summed E-state index contributed by atoms with van der Waals surface area (Å²) in [7, 11) is 0. The minimum absolute atomic E-state index is 0.0449. The zero-order valence-electron chi connectivity index (χ0n) is 14.3. The van der Waals surface area contributed by atoms with Crippen molar-refractivity contribution in [3.63, 3.8) is 0 Å². The molecule has 4 heteroatoms. The summed E-state index contributed by atoms with van der Waals surface area (Å²) in [6.07, 6.45) is 3.12. The summed E-state index contributed by atoms with van der Waals surface area (Å²) in [5.74, 6) is 0.887. The lowest BCUT2D eigenvalue weighted by Gasteiger charge is -2.39. The molecule has 0 radical (unpaired) electrons. The average molecular weight is 316 g/mol. The number of carbonyl (C=O) groups excluding carboxylic acids is 1. The molecule has 1 aliphatic carbocycles. The minimum Gasteiger partial charge on any atom is -0.378 e. The van der Waals surface area contributed by atoms with Crippen LogP contribution in [0.4, 0.5) is 0 Å². The first-order chi connectivity index (χ1) is 11.2. The van der Waals surface area contributed by atoms with E-state index in [0.717, 1.165) is 32.4 Å². The first kappa shape index (κ1) is 16.5. The van der Waals surface area contributed by atoms with E-state index < -0.39 is 0 Å². The number of nitrogens with zero attached hydrogens (tertiary/aromatic N) is 1. The van der Waals surface area contributed by atoms with Crippen molar-refractivity contribution in [2.45, 2.75) is 51.1 Å². The van der Waals surface area contributed by atoms with E-state index in [4.69, 9.17) is 4.74 Å². The van der Waals surface area contributed by atoms with Crippen LogP contribution in [0.1, 0.15) is 43.2 Å². The van der Waals surface area contributed by atoms with E-state index in [1.54, 1.807) is 0 Å². The van der Waals surface area contributed by atoms with E-state index in [2.05, 4.69) is 43.4 Å². The molecule has 0 aromatic heterocycles. The summed E-state index contributed by atoms with van der Waals surface area (Å²) < 4.78 is 5.34. The third kappa shape index (κ3) is 3.93. The summed E-state index contributed by atoms with van der Waals surface area (Å²) in [4.78, 5) is 14.6. The van der Waals surface area contributed by atoms with Gasteiger partial charge in [-0.1, -0.05) is 36.8 Å². The fourth-order valence-electron chi connectivity index (χ4n) is 3.60. The van der Waals surface area contributed by atoms with E-state index in [-0.39, 0.29) is 11.9 Å². The number of ether oxygens (including phenoxy) is 1. The molecule has 0 bridgehead atoms. The van der Waals surface area contributed by atoms with Crippen molar-refractivity contribution in [1.29, 1.82) is 0 Å². The van der Waals surface area contributed by atoms with Crippen LogP contribution in [0.5, 0.6) is 0 Å². The lowest BCUT2D eigenvalue weighted by atomic mass is 9.75. The van der Waals surface area contributed by atoms with Gasteiger partial charge in [-0.05, 0) is 37.7 Å². The molecule has 1 aromatic carbocycles. The van der Waals surface area contributed by atoms with Crippen LogP contribution >= 0.6 is 0 Å². The Kier molecular flexibility index (Phi) is 5.34. The second kappa shape index (κ2) is 7.45. The van der Waals surface area contributed by atoms with E-state index in [1.807, 2.05) is 4.90 Å². The number of benzene rings is 1. The Morgan fingerprint density at radius 3 is 2.74 bits per heavy atom. The number of amides is 1. The van der Waals surface area contributed by atoms with Gasteiger partial charge < -0.3 is 15.0 Å². The Labute approximate surface area is 139 Å².